The number of phenols is 1. The van der Waals surface area contributed by atoms with Crippen LogP contribution in [0.25, 0.3) is 0 Å². The van der Waals surface area contributed by atoms with Crippen LogP contribution in [0.5, 0.6) is 5.75 Å². The molecule has 0 aliphatic rings. The number of anilines is 1. The maximum atomic E-state index is 11.3. The quantitative estimate of drug-likeness (QED) is 0.667. The molecule has 0 spiro atoms. The normalized spacial score (nSPS) is 10.5. The summed E-state index contributed by atoms with van der Waals surface area (Å²) in [6.45, 7) is 0. The van der Waals surface area contributed by atoms with Crippen LogP contribution in [-0.2, 0) is 10.0 Å². The van der Waals surface area contributed by atoms with Crippen LogP contribution < -0.4 is 4.72 Å². The third-order valence-electron chi connectivity index (χ3n) is 1.75. The Hall–Kier alpha value is -2.27. The van der Waals surface area contributed by atoms with Gasteiger partial charge < -0.3 is 10.2 Å². The average Bonchev–Trinajstić information content (AvgIpc) is 2.20. The molecule has 0 unspecified atom stereocenters. The van der Waals surface area contributed by atoms with E-state index in [0.29, 0.717) is 0 Å². The first-order chi connectivity index (χ1) is 7.85. The van der Waals surface area contributed by atoms with Crippen molar-refractivity contribution >= 4 is 21.7 Å². The van der Waals surface area contributed by atoms with E-state index in [1.54, 1.807) is 0 Å². The molecule has 0 saturated heterocycles. The zero-order valence-corrected chi connectivity index (χ0v) is 9.23. The molecule has 0 amide bonds. The molecule has 1 rings (SSSR count). The second-order valence-corrected chi connectivity index (χ2v) is 4.78. The summed E-state index contributed by atoms with van der Waals surface area (Å²) in [4.78, 5) is 10.8. The molecule has 3 N–H and O–H groups in total. The molecular weight excluding hydrogens is 248 g/mol. The monoisotopic (exact) mass is 256 g/mol. The van der Waals surface area contributed by atoms with Crippen LogP contribution in [0, 0.1) is 11.3 Å². The highest BCUT2D eigenvalue weighted by atomic mass is 32.2. The first kappa shape index (κ1) is 12.8. The van der Waals surface area contributed by atoms with Crippen molar-refractivity contribution in [3.63, 3.8) is 0 Å². The largest absolute Gasteiger partial charge is 0.508 e. The fourth-order valence-corrected chi connectivity index (χ4v) is 1.84. The van der Waals surface area contributed by atoms with Gasteiger partial charge in [0.05, 0.1) is 17.3 Å². The summed E-state index contributed by atoms with van der Waals surface area (Å²) in [6, 6.07) is 4.59. The van der Waals surface area contributed by atoms with Gasteiger partial charge in [-0.3, -0.25) is 4.72 Å². The number of nitriles is 1. The van der Waals surface area contributed by atoms with Gasteiger partial charge in [0, 0.05) is 0 Å². The summed E-state index contributed by atoms with van der Waals surface area (Å²) in [5.41, 5.74) is -0.600. The van der Waals surface area contributed by atoms with Crippen molar-refractivity contribution in [1.82, 2.24) is 0 Å². The number of hydrogen-bond acceptors (Lipinski definition) is 5. The van der Waals surface area contributed by atoms with E-state index in [4.69, 9.17) is 15.5 Å². The number of sulfonamides is 1. The smallest absolute Gasteiger partial charge is 0.337 e. The number of carbonyl (C=O) groups is 1. The molecule has 7 nitrogen and oxygen atoms in total. The molecular formula is C9H8N2O5S. The first-order valence-electron chi connectivity index (χ1n) is 4.29. The van der Waals surface area contributed by atoms with Crippen LogP contribution in [0.1, 0.15) is 10.4 Å². The van der Waals surface area contributed by atoms with Gasteiger partial charge in [0.15, 0.2) is 5.75 Å². The van der Waals surface area contributed by atoms with Gasteiger partial charge in [0.1, 0.15) is 5.75 Å². The minimum absolute atomic E-state index is 0.203. The fraction of sp³-hybridized carbons (Fsp3) is 0.111. The number of phenolic OH excluding ortho intramolecular Hbond substituents is 1. The summed E-state index contributed by atoms with van der Waals surface area (Å²) in [6.07, 6.45) is 0. The van der Waals surface area contributed by atoms with Gasteiger partial charge in [-0.1, -0.05) is 0 Å². The van der Waals surface area contributed by atoms with Crippen molar-refractivity contribution in [2.75, 3.05) is 10.5 Å². The van der Waals surface area contributed by atoms with Crippen LogP contribution in [0.15, 0.2) is 18.2 Å². The number of aromatic carboxylic acids is 1. The summed E-state index contributed by atoms with van der Waals surface area (Å²) in [7, 11) is -3.91. The molecule has 0 aliphatic heterocycles. The highest BCUT2D eigenvalue weighted by Crippen LogP contribution is 2.22. The highest BCUT2D eigenvalue weighted by molar-refractivity contribution is 7.92. The molecule has 0 atom stereocenters. The second kappa shape index (κ2) is 4.71. The molecule has 0 aliphatic carbocycles. The molecule has 0 radical (unpaired) electrons. The Bertz CT molecular complexity index is 588. The van der Waals surface area contributed by atoms with E-state index in [0.717, 1.165) is 18.2 Å². The van der Waals surface area contributed by atoms with Gasteiger partial charge in [0.25, 0.3) is 0 Å². The zero-order valence-electron chi connectivity index (χ0n) is 8.41. The predicted octanol–water partition coefficient (Wildman–Crippen LogP) is 0.356. The molecule has 1 aromatic rings. The van der Waals surface area contributed by atoms with E-state index < -0.39 is 27.3 Å². The van der Waals surface area contributed by atoms with Crippen LogP contribution in [0.4, 0.5) is 5.69 Å². The fourth-order valence-electron chi connectivity index (χ4n) is 1.09. The molecule has 90 valence electrons. The van der Waals surface area contributed by atoms with Crippen LogP contribution in [0.3, 0.4) is 0 Å². The number of nitrogens with one attached hydrogen (secondary N) is 1. The lowest BCUT2D eigenvalue weighted by atomic mass is 10.2. The van der Waals surface area contributed by atoms with Crippen molar-refractivity contribution < 1.29 is 23.4 Å². The SMILES string of the molecule is N#CCS(=O)(=O)Nc1ccc(O)cc1C(=O)O. The lowest BCUT2D eigenvalue weighted by Gasteiger charge is -2.08. The molecule has 1 aromatic carbocycles. The van der Waals surface area contributed by atoms with Crippen molar-refractivity contribution in [3.05, 3.63) is 23.8 Å². The van der Waals surface area contributed by atoms with Crippen LogP contribution in [-0.4, -0.2) is 30.4 Å². The van der Waals surface area contributed by atoms with Crippen molar-refractivity contribution in [2.24, 2.45) is 0 Å². The van der Waals surface area contributed by atoms with Crippen molar-refractivity contribution in [1.29, 1.82) is 5.26 Å². The molecule has 0 bridgehead atoms. The molecule has 0 heterocycles. The predicted molar refractivity (Wildman–Crippen MR) is 58.1 cm³/mol. The van der Waals surface area contributed by atoms with E-state index in [-0.39, 0.29) is 11.4 Å². The lowest BCUT2D eigenvalue weighted by molar-refractivity contribution is 0.0697. The van der Waals surface area contributed by atoms with E-state index in [2.05, 4.69) is 0 Å². The third-order valence-corrected chi connectivity index (χ3v) is 2.79. The Kier molecular flexibility index (Phi) is 3.55. The number of benzene rings is 1. The van der Waals surface area contributed by atoms with Crippen molar-refractivity contribution in [2.45, 2.75) is 0 Å². The van der Waals surface area contributed by atoms with E-state index in [1.807, 2.05) is 4.72 Å². The summed E-state index contributed by atoms with van der Waals surface area (Å²) >= 11 is 0. The van der Waals surface area contributed by atoms with Gasteiger partial charge in [-0.2, -0.15) is 5.26 Å². The van der Waals surface area contributed by atoms with Crippen molar-refractivity contribution in [3.8, 4) is 11.8 Å². The number of aromatic hydroxyl groups is 1. The first-order valence-corrected chi connectivity index (χ1v) is 5.94. The summed E-state index contributed by atoms with van der Waals surface area (Å²) in [5.74, 6) is -2.48. The zero-order chi connectivity index (χ0) is 13.1. The number of carboxylic acid groups (broad SMARTS) is 1. The molecule has 17 heavy (non-hydrogen) atoms. The van der Waals surface area contributed by atoms with E-state index >= 15 is 0 Å². The van der Waals surface area contributed by atoms with Crippen LogP contribution >= 0.6 is 0 Å². The minimum atomic E-state index is -3.91. The van der Waals surface area contributed by atoms with Gasteiger partial charge >= 0.3 is 5.97 Å². The minimum Gasteiger partial charge on any atom is -0.508 e. The number of hydrogen-bond donors (Lipinski definition) is 3. The standard InChI is InChI=1S/C9H8N2O5S/c10-3-4-17(15,16)11-8-2-1-6(12)5-7(8)9(13)14/h1-2,5,11-12H,4H2,(H,13,14). The van der Waals surface area contributed by atoms with Gasteiger partial charge in [-0.15, -0.1) is 0 Å². The Morgan fingerprint density at radius 3 is 2.65 bits per heavy atom. The molecule has 8 heteroatoms. The maximum Gasteiger partial charge on any atom is 0.337 e. The molecule has 0 saturated carbocycles. The third kappa shape index (κ3) is 3.35. The van der Waals surface area contributed by atoms with E-state index in [9.17, 15) is 13.2 Å². The Morgan fingerprint density at radius 1 is 1.47 bits per heavy atom. The molecule has 0 fully saturated rings. The molecule has 0 aromatic heterocycles. The van der Waals surface area contributed by atoms with Gasteiger partial charge in [-0.05, 0) is 18.2 Å². The highest BCUT2D eigenvalue weighted by Gasteiger charge is 2.16. The number of nitrogens with zero attached hydrogens (tertiary/aromatic N) is 1. The van der Waals surface area contributed by atoms with E-state index in [1.165, 1.54) is 6.07 Å². The number of carboxylic acids is 1. The second-order valence-electron chi connectivity index (χ2n) is 3.05. The maximum absolute atomic E-state index is 11.3. The lowest BCUT2D eigenvalue weighted by Crippen LogP contribution is -2.17. The Balaban J connectivity index is 3.16. The van der Waals surface area contributed by atoms with Gasteiger partial charge in [0.2, 0.25) is 10.0 Å². The van der Waals surface area contributed by atoms with Crippen LogP contribution in [0.2, 0.25) is 0 Å². The Morgan fingerprint density at radius 2 is 2.12 bits per heavy atom. The average molecular weight is 256 g/mol. The Labute approximate surface area is 97.0 Å². The summed E-state index contributed by atoms with van der Waals surface area (Å²) in [5, 5.41) is 26.2. The number of rotatable bonds is 4. The summed E-state index contributed by atoms with van der Waals surface area (Å²) < 4.78 is 24.5. The topological polar surface area (TPSA) is 127 Å². The van der Waals surface area contributed by atoms with Gasteiger partial charge in [-0.25, -0.2) is 13.2 Å².